The predicted molar refractivity (Wildman–Crippen MR) is 86.4 cm³/mol. The minimum atomic E-state index is -0.396. The second-order valence-electron chi connectivity index (χ2n) is 5.28. The fourth-order valence-corrected chi connectivity index (χ4v) is 2.39. The van der Waals surface area contributed by atoms with E-state index in [1.165, 1.54) is 6.07 Å². The summed E-state index contributed by atoms with van der Waals surface area (Å²) in [6.07, 6.45) is 0. The fourth-order valence-electron chi connectivity index (χ4n) is 2.39. The molecule has 0 saturated carbocycles. The maximum absolute atomic E-state index is 12.2. The molecule has 0 unspecified atom stereocenters. The van der Waals surface area contributed by atoms with Crippen molar-refractivity contribution < 1.29 is 9.21 Å². The lowest BCUT2D eigenvalue weighted by Crippen LogP contribution is -2.12. The van der Waals surface area contributed by atoms with Crippen LogP contribution in [0.4, 0.5) is 5.69 Å². The Hall–Kier alpha value is -2.88. The van der Waals surface area contributed by atoms with Gasteiger partial charge < -0.3 is 9.73 Å². The summed E-state index contributed by atoms with van der Waals surface area (Å²) in [7, 11) is 0. The Morgan fingerprint density at radius 1 is 1.05 bits per heavy atom. The van der Waals surface area contributed by atoms with E-state index in [1.807, 2.05) is 38.1 Å². The van der Waals surface area contributed by atoms with Crippen LogP contribution in [0.1, 0.15) is 21.5 Å². The minimum Gasteiger partial charge on any atom is -0.423 e. The van der Waals surface area contributed by atoms with Crippen molar-refractivity contribution in [2.75, 3.05) is 5.32 Å². The third-order valence-corrected chi connectivity index (χ3v) is 3.49. The number of hydrogen-bond donors (Lipinski definition) is 1. The van der Waals surface area contributed by atoms with Crippen LogP contribution in [-0.4, -0.2) is 5.91 Å². The first kappa shape index (κ1) is 14.1. The molecule has 1 heterocycles. The monoisotopic (exact) mass is 293 g/mol. The van der Waals surface area contributed by atoms with Crippen molar-refractivity contribution in [1.82, 2.24) is 0 Å². The highest BCUT2D eigenvalue weighted by atomic mass is 16.4. The number of aryl methyl sites for hydroxylation is 2. The molecule has 0 saturated heterocycles. The lowest BCUT2D eigenvalue weighted by atomic mass is 10.1. The van der Waals surface area contributed by atoms with Gasteiger partial charge in [0, 0.05) is 28.8 Å². The van der Waals surface area contributed by atoms with Crippen molar-refractivity contribution in [3.05, 3.63) is 75.6 Å². The largest absolute Gasteiger partial charge is 0.423 e. The Labute approximate surface area is 127 Å². The molecule has 3 rings (SSSR count). The van der Waals surface area contributed by atoms with Crippen molar-refractivity contribution in [2.24, 2.45) is 0 Å². The van der Waals surface area contributed by atoms with E-state index in [-0.39, 0.29) is 5.91 Å². The number of nitrogens with one attached hydrogen (secondary N) is 1. The smallest absolute Gasteiger partial charge is 0.336 e. The van der Waals surface area contributed by atoms with Crippen LogP contribution in [0.2, 0.25) is 0 Å². The Bertz CT molecular complexity index is 925. The van der Waals surface area contributed by atoms with Crippen molar-refractivity contribution in [1.29, 1.82) is 0 Å². The number of fused-ring (bicyclic) bond motifs is 1. The number of anilines is 1. The quantitative estimate of drug-likeness (QED) is 0.733. The highest BCUT2D eigenvalue weighted by Gasteiger charge is 2.08. The second kappa shape index (κ2) is 5.48. The summed E-state index contributed by atoms with van der Waals surface area (Å²) in [4.78, 5) is 23.7. The van der Waals surface area contributed by atoms with Crippen molar-refractivity contribution in [3.8, 4) is 0 Å². The first-order valence-electron chi connectivity index (χ1n) is 6.95. The molecule has 1 N–H and O–H groups in total. The van der Waals surface area contributed by atoms with Gasteiger partial charge in [0.1, 0.15) is 5.58 Å². The fraction of sp³-hybridized carbons (Fsp3) is 0.111. The molecule has 0 atom stereocenters. The van der Waals surface area contributed by atoms with E-state index in [0.29, 0.717) is 16.8 Å². The number of amides is 1. The molecule has 1 amide bonds. The maximum Gasteiger partial charge on any atom is 0.336 e. The summed E-state index contributed by atoms with van der Waals surface area (Å²) < 4.78 is 5.18. The Balaban J connectivity index is 1.94. The van der Waals surface area contributed by atoms with Gasteiger partial charge >= 0.3 is 5.63 Å². The molecule has 0 radical (unpaired) electrons. The molecule has 22 heavy (non-hydrogen) atoms. The normalized spacial score (nSPS) is 10.6. The van der Waals surface area contributed by atoms with Gasteiger partial charge in [-0.2, -0.15) is 0 Å². The van der Waals surface area contributed by atoms with E-state index in [1.54, 1.807) is 18.2 Å². The number of hydrogen-bond acceptors (Lipinski definition) is 3. The molecule has 1 aromatic heterocycles. The molecule has 0 fully saturated rings. The van der Waals surface area contributed by atoms with E-state index in [2.05, 4.69) is 5.32 Å². The number of carbonyl (C=O) groups excluding carboxylic acids is 1. The number of benzene rings is 2. The first-order valence-corrected chi connectivity index (χ1v) is 6.95. The average Bonchev–Trinajstić information content (AvgIpc) is 2.46. The Morgan fingerprint density at radius 2 is 1.86 bits per heavy atom. The van der Waals surface area contributed by atoms with Crippen LogP contribution in [0.25, 0.3) is 11.0 Å². The average molecular weight is 293 g/mol. The standard InChI is InChI=1S/C18H15NO3/c1-11-4-3-5-13(8-11)18(21)19-14-6-7-15-12(2)9-17(20)22-16(15)10-14/h3-10H,1-2H3,(H,19,21). The summed E-state index contributed by atoms with van der Waals surface area (Å²) in [5.74, 6) is -0.196. The van der Waals surface area contributed by atoms with E-state index >= 15 is 0 Å². The number of carbonyl (C=O) groups is 1. The van der Waals surface area contributed by atoms with Crippen molar-refractivity contribution in [3.63, 3.8) is 0 Å². The first-order chi connectivity index (χ1) is 10.5. The molecule has 110 valence electrons. The van der Waals surface area contributed by atoms with Gasteiger partial charge in [-0.25, -0.2) is 4.79 Å². The third kappa shape index (κ3) is 2.76. The zero-order valence-electron chi connectivity index (χ0n) is 12.3. The summed E-state index contributed by atoms with van der Waals surface area (Å²) >= 11 is 0. The van der Waals surface area contributed by atoms with Crippen LogP contribution in [0.5, 0.6) is 0 Å². The van der Waals surface area contributed by atoms with Gasteiger partial charge in [0.15, 0.2) is 0 Å². The molecule has 0 aliphatic rings. The van der Waals surface area contributed by atoms with Crippen LogP contribution in [0.3, 0.4) is 0 Å². The van der Waals surface area contributed by atoms with Gasteiger partial charge in [-0.05, 0) is 43.7 Å². The molecular weight excluding hydrogens is 278 g/mol. The molecule has 0 spiro atoms. The van der Waals surface area contributed by atoms with Crippen LogP contribution < -0.4 is 10.9 Å². The predicted octanol–water partition coefficient (Wildman–Crippen LogP) is 3.66. The van der Waals surface area contributed by atoms with Gasteiger partial charge in [-0.3, -0.25) is 4.79 Å². The Morgan fingerprint density at radius 3 is 2.64 bits per heavy atom. The SMILES string of the molecule is Cc1cccc(C(=O)Nc2ccc3c(C)cc(=O)oc3c2)c1. The lowest BCUT2D eigenvalue weighted by molar-refractivity contribution is 0.102. The van der Waals surface area contributed by atoms with Crippen LogP contribution in [-0.2, 0) is 0 Å². The van der Waals surface area contributed by atoms with Crippen molar-refractivity contribution in [2.45, 2.75) is 13.8 Å². The van der Waals surface area contributed by atoms with E-state index < -0.39 is 5.63 Å². The van der Waals surface area contributed by atoms with Gasteiger partial charge in [0.2, 0.25) is 0 Å². The van der Waals surface area contributed by atoms with E-state index in [4.69, 9.17) is 4.42 Å². The zero-order valence-corrected chi connectivity index (χ0v) is 12.3. The highest BCUT2D eigenvalue weighted by Crippen LogP contribution is 2.21. The van der Waals surface area contributed by atoms with Gasteiger partial charge in [-0.15, -0.1) is 0 Å². The molecule has 4 heteroatoms. The maximum atomic E-state index is 12.2. The van der Waals surface area contributed by atoms with Gasteiger partial charge in [0.05, 0.1) is 0 Å². The van der Waals surface area contributed by atoms with E-state index in [9.17, 15) is 9.59 Å². The third-order valence-electron chi connectivity index (χ3n) is 3.49. The summed E-state index contributed by atoms with van der Waals surface area (Å²) in [6, 6.07) is 14.1. The molecule has 0 aliphatic heterocycles. The summed E-state index contributed by atoms with van der Waals surface area (Å²) in [5, 5.41) is 3.67. The van der Waals surface area contributed by atoms with Crippen molar-refractivity contribution >= 4 is 22.6 Å². The summed E-state index contributed by atoms with van der Waals surface area (Å²) in [5.41, 5.74) is 3.12. The van der Waals surface area contributed by atoms with Crippen LogP contribution >= 0.6 is 0 Å². The minimum absolute atomic E-state index is 0.196. The summed E-state index contributed by atoms with van der Waals surface area (Å²) in [6.45, 7) is 3.79. The van der Waals surface area contributed by atoms with Gasteiger partial charge in [-0.1, -0.05) is 17.7 Å². The van der Waals surface area contributed by atoms with Crippen LogP contribution in [0, 0.1) is 13.8 Å². The van der Waals surface area contributed by atoms with Crippen LogP contribution in [0.15, 0.2) is 57.7 Å². The zero-order chi connectivity index (χ0) is 15.7. The molecule has 2 aromatic carbocycles. The lowest BCUT2D eigenvalue weighted by Gasteiger charge is -2.07. The topological polar surface area (TPSA) is 59.3 Å². The molecule has 3 aromatic rings. The van der Waals surface area contributed by atoms with Gasteiger partial charge in [0.25, 0.3) is 5.91 Å². The van der Waals surface area contributed by atoms with E-state index in [0.717, 1.165) is 16.5 Å². The molecular formula is C18H15NO3. The highest BCUT2D eigenvalue weighted by molar-refractivity contribution is 6.05. The number of rotatable bonds is 2. The molecule has 0 bridgehead atoms. The second-order valence-corrected chi connectivity index (χ2v) is 5.28. The molecule has 0 aliphatic carbocycles. The Kier molecular flexibility index (Phi) is 3.51. The molecule has 4 nitrogen and oxygen atoms in total.